The van der Waals surface area contributed by atoms with Gasteiger partial charge >= 0.3 is 12.1 Å². The van der Waals surface area contributed by atoms with Gasteiger partial charge in [-0.3, -0.25) is 4.90 Å². The molecule has 0 saturated heterocycles. The number of benzene rings is 1. The molecule has 98 valence electrons. The monoisotopic (exact) mass is 259 g/mol. The molecule has 0 radical (unpaired) electrons. The Morgan fingerprint density at radius 3 is 2.47 bits per heavy atom. The predicted molar refractivity (Wildman–Crippen MR) is 68.8 cm³/mol. The number of amides is 1. The minimum Gasteiger partial charge on any atom is -0.465 e. The summed E-state index contributed by atoms with van der Waals surface area (Å²) >= 11 is 0. The van der Waals surface area contributed by atoms with Gasteiger partial charge in [0.25, 0.3) is 0 Å². The van der Waals surface area contributed by atoms with Gasteiger partial charge in [-0.05, 0) is 30.3 Å². The lowest BCUT2D eigenvalue weighted by atomic mass is 10.2. The molecule has 0 unspecified atom stereocenters. The first kappa shape index (κ1) is 12.9. The van der Waals surface area contributed by atoms with E-state index in [4.69, 9.17) is 4.74 Å². The predicted octanol–water partition coefficient (Wildman–Crippen LogP) is 2.36. The molecule has 1 aromatic rings. The van der Waals surface area contributed by atoms with Gasteiger partial charge in [0.05, 0.1) is 12.7 Å². The van der Waals surface area contributed by atoms with E-state index in [1.54, 1.807) is 36.5 Å². The molecule has 1 heterocycles. The van der Waals surface area contributed by atoms with E-state index in [0.29, 0.717) is 17.9 Å². The zero-order valence-electron chi connectivity index (χ0n) is 10.4. The van der Waals surface area contributed by atoms with Crippen molar-refractivity contribution >= 4 is 12.1 Å². The zero-order valence-corrected chi connectivity index (χ0v) is 10.4. The summed E-state index contributed by atoms with van der Waals surface area (Å²) in [4.78, 5) is 24.4. The molecule has 1 aromatic carbocycles. The molecule has 0 atom stereocenters. The molecule has 0 bridgehead atoms. The fourth-order valence-electron chi connectivity index (χ4n) is 1.54. The molecule has 0 saturated carbocycles. The molecular weight excluding hydrogens is 246 g/mol. The first-order valence-corrected chi connectivity index (χ1v) is 5.71. The van der Waals surface area contributed by atoms with Crippen LogP contribution in [0.15, 0.2) is 48.7 Å². The van der Waals surface area contributed by atoms with Gasteiger partial charge in [-0.2, -0.15) is 0 Å². The Hall–Kier alpha value is -2.56. The van der Waals surface area contributed by atoms with Gasteiger partial charge in [0.2, 0.25) is 0 Å². The number of carbonyl (C=O) groups excluding carboxylic acids is 2. The van der Waals surface area contributed by atoms with Gasteiger partial charge in [-0.15, -0.1) is 0 Å². The maximum atomic E-state index is 11.8. The summed E-state index contributed by atoms with van der Waals surface area (Å²) in [5.74, 6) is -0.0532. The third kappa shape index (κ3) is 3.22. The van der Waals surface area contributed by atoms with Crippen LogP contribution in [0.4, 0.5) is 4.79 Å². The van der Waals surface area contributed by atoms with E-state index >= 15 is 0 Å². The van der Waals surface area contributed by atoms with E-state index in [0.717, 1.165) is 0 Å². The van der Waals surface area contributed by atoms with E-state index in [1.165, 1.54) is 12.0 Å². The molecule has 1 aliphatic rings. The molecular formula is C14H13NO4. The van der Waals surface area contributed by atoms with Crippen LogP contribution >= 0.6 is 0 Å². The van der Waals surface area contributed by atoms with Crippen molar-refractivity contribution in [2.45, 2.75) is 0 Å². The lowest BCUT2D eigenvalue weighted by molar-refractivity contribution is 0.0600. The van der Waals surface area contributed by atoms with E-state index in [-0.39, 0.29) is 0 Å². The summed E-state index contributed by atoms with van der Waals surface area (Å²) in [5.41, 5.74) is 0.406. The standard InChI is InChI=1S/C14H13NO4/c1-18-13(16)11-5-7-12(8-6-11)19-14(17)15-9-3-2-4-10-15/h2-9H,10H2,1H3. The van der Waals surface area contributed by atoms with Crippen LogP contribution < -0.4 is 4.74 Å². The molecule has 1 aliphatic heterocycles. The zero-order chi connectivity index (χ0) is 13.7. The molecule has 5 nitrogen and oxygen atoms in total. The normalized spacial score (nSPS) is 13.2. The molecule has 2 rings (SSSR count). The van der Waals surface area contributed by atoms with Gasteiger partial charge in [0.1, 0.15) is 5.75 Å². The van der Waals surface area contributed by atoms with Gasteiger partial charge in [-0.1, -0.05) is 12.2 Å². The van der Waals surface area contributed by atoms with Crippen molar-refractivity contribution in [2.75, 3.05) is 13.7 Å². The first-order valence-electron chi connectivity index (χ1n) is 5.71. The van der Waals surface area contributed by atoms with Crippen molar-refractivity contribution in [1.82, 2.24) is 4.90 Å². The number of esters is 1. The Morgan fingerprint density at radius 1 is 1.16 bits per heavy atom. The van der Waals surface area contributed by atoms with Crippen LogP contribution in [0.5, 0.6) is 5.75 Å². The second kappa shape index (κ2) is 5.86. The van der Waals surface area contributed by atoms with Crippen LogP contribution in [0.3, 0.4) is 0 Å². The third-order valence-corrected chi connectivity index (χ3v) is 2.53. The average molecular weight is 259 g/mol. The Kier molecular flexibility index (Phi) is 3.97. The average Bonchev–Trinajstić information content (AvgIpc) is 2.48. The quantitative estimate of drug-likeness (QED) is 0.765. The SMILES string of the molecule is COC(=O)c1ccc(OC(=O)N2C=CC=CC2)cc1. The van der Waals surface area contributed by atoms with Crippen LogP contribution in [0.25, 0.3) is 0 Å². The number of methoxy groups -OCH3 is 1. The lowest BCUT2D eigenvalue weighted by Gasteiger charge is -2.17. The molecule has 0 aliphatic carbocycles. The Morgan fingerprint density at radius 2 is 1.89 bits per heavy atom. The molecule has 0 N–H and O–H groups in total. The number of hydrogen-bond acceptors (Lipinski definition) is 4. The van der Waals surface area contributed by atoms with Crippen molar-refractivity contribution in [3.8, 4) is 5.75 Å². The Bertz CT molecular complexity index is 531. The largest absolute Gasteiger partial charge is 0.465 e. The van der Waals surface area contributed by atoms with E-state index in [2.05, 4.69) is 4.74 Å². The smallest absolute Gasteiger partial charge is 0.419 e. The molecule has 19 heavy (non-hydrogen) atoms. The van der Waals surface area contributed by atoms with Crippen molar-refractivity contribution < 1.29 is 19.1 Å². The highest BCUT2D eigenvalue weighted by Gasteiger charge is 2.13. The molecule has 1 amide bonds. The first-order chi connectivity index (χ1) is 9.20. The topological polar surface area (TPSA) is 55.8 Å². The van der Waals surface area contributed by atoms with E-state index in [9.17, 15) is 9.59 Å². The molecule has 5 heteroatoms. The second-order valence-corrected chi connectivity index (χ2v) is 3.81. The van der Waals surface area contributed by atoms with Gasteiger partial charge in [0.15, 0.2) is 0 Å². The lowest BCUT2D eigenvalue weighted by Crippen LogP contribution is -2.29. The summed E-state index contributed by atoms with van der Waals surface area (Å²) in [5, 5.41) is 0. The van der Waals surface area contributed by atoms with Crippen LogP contribution in [-0.2, 0) is 4.74 Å². The van der Waals surface area contributed by atoms with Crippen molar-refractivity contribution in [1.29, 1.82) is 0 Å². The Labute approximate surface area is 110 Å². The maximum Gasteiger partial charge on any atom is 0.419 e. The number of rotatable bonds is 2. The summed E-state index contributed by atoms with van der Waals surface area (Å²) in [6, 6.07) is 6.18. The van der Waals surface area contributed by atoms with Crippen LogP contribution in [0.2, 0.25) is 0 Å². The van der Waals surface area contributed by atoms with Crippen LogP contribution in [0.1, 0.15) is 10.4 Å². The van der Waals surface area contributed by atoms with Crippen molar-refractivity contribution in [3.05, 3.63) is 54.3 Å². The van der Waals surface area contributed by atoms with E-state index < -0.39 is 12.1 Å². The minimum atomic E-state index is -0.466. The van der Waals surface area contributed by atoms with Gasteiger partial charge < -0.3 is 9.47 Å². The van der Waals surface area contributed by atoms with Gasteiger partial charge in [-0.25, -0.2) is 9.59 Å². The van der Waals surface area contributed by atoms with Crippen LogP contribution in [-0.4, -0.2) is 30.6 Å². The summed E-state index contributed by atoms with van der Waals surface area (Å²) in [7, 11) is 1.31. The third-order valence-electron chi connectivity index (χ3n) is 2.53. The van der Waals surface area contributed by atoms with E-state index in [1.807, 2.05) is 12.2 Å². The highest BCUT2D eigenvalue weighted by molar-refractivity contribution is 5.89. The second-order valence-electron chi connectivity index (χ2n) is 3.81. The Balaban J connectivity index is 1.99. The summed E-state index contributed by atoms with van der Waals surface area (Å²) in [6.45, 7) is 0.482. The molecule has 0 fully saturated rings. The number of hydrogen-bond donors (Lipinski definition) is 0. The maximum absolute atomic E-state index is 11.8. The number of carbonyl (C=O) groups is 2. The molecule has 0 spiro atoms. The number of ether oxygens (including phenoxy) is 2. The number of allylic oxidation sites excluding steroid dienone is 2. The highest BCUT2D eigenvalue weighted by atomic mass is 16.6. The van der Waals surface area contributed by atoms with Crippen molar-refractivity contribution in [3.63, 3.8) is 0 Å². The van der Waals surface area contributed by atoms with Crippen LogP contribution in [0, 0.1) is 0 Å². The van der Waals surface area contributed by atoms with Crippen molar-refractivity contribution in [2.24, 2.45) is 0 Å². The summed E-state index contributed by atoms with van der Waals surface area (Å²) < 4.78 is 9.75. The highest BCUT2D eigenvalue weighted by Crippen LogP contribution is 2.14. The summed E-state index contributed by atoms with van der Waals surface area (Å²) in [6.07, 6.45) is 6.64. The van der Waals surface area contributed by atoms with Gasteiger partial charge in [0, 0.05) is 12.7 Å². The fraction of sp³-hybridized carbons (Fsp3) is 0.143. The minimum absolute atomic E-state index is 0.376. The fourth-order valence-corrected chi connectivity index (χ4v) is 1.54. The number of nitrogens with zero attached hydrogens (tertiary/aromatic N) is 1. The molecule has 0 aromatic heterocycles.